The summed E-state index contributed by atoms with van der Waals surface area (Å²) < 4.78 is 1.91. The smallest absolute Gasteiger partial charge is 0.0648 e. The van der Waals surface area contributed by atoms with Gasteiger partial charge in [0.25, 0.3) is 0 Å². The predicted octanol–water partition coefficient (Wildman–Crippen LogP) is 2.25. The van der Waals surface area contributed by atoms with Gasteiger partial charge in [0.1, 0.15) is 0 Å². The fourth-order valence-corrected chi connectivity index (χ4v) is 2.76. The number of nitrogens with two attached hydrogens (primary N) is 1. The SMILES string of the molecule is NCCC1CCc2cc(-n3cccn3)ccc21. The van der Waals surface area contributed by atoms with Crippen LogP contribution < -0.4 is 5.73 Å². The molecule has 1 atom stereocenters. The van der Waals surface area contributed by atoms with Gasteiger partial charge in [-0.1, -0.05) is 6.07 Å². The van der Waals surface area contributed by atoms with Gasteiger partial charge in [-0.2, -0.15) is 5.10 Å². The standard InChI is InChI=1S/C14H17N3/c15-7-6-11-2-3-12-10-13(4-5-14(11)12)17-9-1-8-16-17/h1,4-5,8-11H,2-3,6-7,15H2. The van der Waals surface area contributed by atoms with Crippen LogP contribution in [0, 0.1) is 0 Å². The summed E-state index contributed by atoms with van der Waals surface area (Å²) in [5.41, 5.74) is 9.77. The molecule has 1 heterocycles. The van der Waals surface area contributed by atoms with E-state index in [2.05, 4.69) is 23.3 Å². The first kappa shape index (κ1) is 10.5. The molecule has 1 aromatic heterocycles. The molecule has 0 aliphatic heterocycles. The fraction of sp³-hybridized carbons (Fsp3) is 0.357. The van der Waals surface area contributed by atoms with Crippen molar-refractivity contribution >= 4 is 0 Å². The van der Waals surface area contributed by atoms with E-state index in [1.54, 1.807) is 0 Å². The number of benzene rings is 1. The first-order chi connectivity index (χ1) is 8.38. The van der Waals surface area contributed by atoms with E-state index < -0.39 is 0 Å². The van der Waals surface area contributed by atoms with Crippen molar-refractivity contribution in [1.82, 2.24) is 9.78 Å². The Balaban J connectivity index is 1.94. The zero-order valence-corrected chi connectivity index (χ0v) is 9.84. The third kappa shape index (κ3) is 1.87. The molecule has 0 bridgehead atoms. The lowest BCUT2D eigenvalue weighted by molar-refractivity contribution is 0.627. The van der Waals surface area contributed by atoms with Crippen molar-refractivity contribution in [3.8, 4) is 5.69 Å². The van der Waals surface area contributed by atoms with Gasteiger partial charge in [0.2, 0.25) is 0 Å². The summed E-state index contributed by atoms with van der Waals surface area (Å²) in [5.74, 6) is 0.668. The Bertz CT molecular complexity index is 502. The van der Waals surface area contributed by atoms with E-state index >= 15 is 0 Å². The molecule has 0 spiro atoms. The fourth-order valence-electron chi connectivity index (χ4n) is 2.76. The van der Waals surface area contributed by atoms with Gasteiger partial charge in [-0.05, 0) is 61.1 Å². The minimum Gasteiger partial charge on any atom is -0.330 e. The number of hydrogen-bond acceptors (Lipinski definition) is 2. The van der Waals surface area contributed by atoms with Gasteiger partial charge in [0, 0.05) is 12.4 Å². The zero-order chi connectivity index (χ0) is 11.7. The van der Waals surface area contributed by atoms with Gasteiger partial charge >= 0.3 is 0 Å². The molecular formula is C14H17N3. The normalized spacial score (nSPS) is 18.3. The largest absolute Gasteiger partial charge is 0.330 e. The maximum absolute atomic E-state index is 5.66. The Kier molecular flexibility index (Phi) is 2.69. The topological polar surface area (TPSA) is 43.8 Å². The van der Waals surface area contributed by atoms with Crippen molar-refractivity contribution in [2.24, 2.45) is 5.73 Å². The molecule has 1 aliphatic rings. The van der Waals surface area contributed by atoms with Gasteiger partial charge in [0.05, 0.1) is 5.69 Å². The lowest BCUT2D eigenvalue weighted by Gasteiger charge is -2.10. The average Bonchev–Trinajstić information content (AvgIpc) is 2.98. The Labute approximate surface area is 101 Å². The molecule has 3 nitrogen and oxygen atoms in total. The van der Waals surface area contributed by atoms with Crippen LogP contribution in [0.1, 0.15) is 29.9 Å². The minimum atomic E-state index is 0.668. The lowest BCUT2D eigenvalue weighted by atomic mass is 9.98. The highest BCUT2D eigenvalue weighted by Gasteiger charge is 2.21. The Morgan fingerprint density at radius 1 is 1.41 bits per heavy atom. The number of fused-ring (bicyclic) bond motifs is 1. The molecule has 3 rings (SSSR count). The summed E-state index contributed by atoms with van der Waals surface area (Å²) >= 11 is 0. The lowest BCUT2D eigenvalue weighted by Crippen LogP contribution is -2.05. The summed E-state index contributed by atoms with van der Waals surface area (Å²) in [4.78, 5) is 0. The summed E-state index contributed by atoms with van der Waals surface area (Å²) in [5, 5.41) is 4.26. The molecule has 0 amide bonds. The molecule has 0 saturated carbocycles. The molecule has 17 heavy (non-hydrogen) atoms. The highest BCUT2D eigenvalue weighted by atomic mass is 15.3. The van der Waals surface area contributed by atoms with Crippen LogP contribution >= 0.6 is 0 Å². The van der Waals surface area contributed by atoms with Crippen LogP contribution in [0.25, 0.3) is 5.69 Å². The van der Waals surface area contributed by atoms with Crippen LogP contribution in [0.3, 0.4) is 0 Å². The predicted molar refractivity (Wildman–Crippen MR) is 68.3 cm³/mol. The highest BCUT2D eigenvalue weighted by molar-refractivity contribution is 5.44. The second-order valence-electron chi connectivity index (χ2n) is 4.65. The molecular weight excluding hydrogens is 210 g/mol. The molecule has 0 radical (unpaired) electrons. The van der Waals surface area contributed by atoms with Crippen LogP contribution in [-0.4, -0.2) is 16.3 Å². The van der Waals surface area contributed by atoms with Crippen LogP contribution in [0.2, 0.25) is 0 Å². The van der Waals surface area contributed by atoms with E-state index in [-0.39, 0.29) is 0 Å². The van der Waals surface area contributed by atoms with Crippen molar-refractivity contribution in [2.75, 3.05) is 6.54 Å². The van der Waals surface area contributed by atoms with Crippen molar-refractivity contribution in [2.45, 2.75) is 25.2 Å². The Morgan fingerprint density at radius 2 is 2.35 bits per heavy atom. The van der Waals surface area contributed by atoms with E-state index in [0.717, 1.165) is 18.7 Å². The van der Waals surface area contributed by atoms with Crippen LogP contribution in [-0.2, 0) is 6.42 Å². The molecule has 0 saturated heterocycles. The Morgan fingerprint density at radius 3 is 3.12 bits per heavy atom. The van der Waals surface area contributed by atoms with Gasteiger partial charge in [-0.25, -0.2) is 4.68 Å². The average molecular weight is 227 g/mol. The molecule has 1 unspecified atom stereocenters. The maximum atomic E-state index is 5.66. The quantitative estimate of drug-likeness (QED) is 0.874. The van der Waals surface area contributed by atoms with E-state index in [1.807, 2.05) is 23.1 Å². The van der Waals surface area contributed by atoms with Gasteiger partial charge in [-0.3, -0.25) is 0 Å². The third-order valence-corrected chi connectivity index (χ3v) is 3.61. The summed E-state index contributed by atoms with van der Waals surface area (Å²) in [7, 11) is 0. The number of nitrogens with zero attached hydrogens (tertiary/aromatic N) is 2. The molecule has 1 aromatic carbocycles. The van der Waals surface area contributed by atoms with Crippen molar-refractivity contribution in [3.05, 3.63) is 47.8 Å². The molecule has 2 aromatic rings. The molecule has 0 fully saturated rings. The van der Waals surface area contributed by atoms with E-state index in [0.29, 0.717) is 5.92 Å². The number of hydrogen-bond donors (Lipinski definition) is 1. The second-order valence-corrected chi connectivity index (χ2v) is 4.65. The summed E-state index contributed by atoms with van der Waals surface area (Å²) in [6.07, 6.45) is 7.32. The first-order valence-electron chi connectivity index (χ1n) is 6.21. The van der Waals surface area contributed by atoms with Crippen LogP contribution in [0.15, 0.2) is 36.7 Å². The van der Waals surface area contributed by atoms with Gasteiger partial charge in [-0.15, -0.1) is 0 Å². The number of aryl methyl sites for hydroxylation is 1. The minimum absolute atomic E-state index is 0.668. The first-order valence-corrected chi connectivity index (χ1v) is 6.21. The number of aromatic nitrogens is 2. The monoisotopic (exact) mass is 227 g/mol. The van der Waals surface area contributed by atoms with Gasteiger partial charge in [0.15, 0.2) is 0 Å². The molecule has 88 valence electrons. The molecule has 3 heteroatoms. The highest BCUT2D eigenvalue weighted by Crippen LogP contribution is 2.35. The number of rotatable bonds is 3. The maximum Gasteiger partial charge on any atom is 0.0648 e. The summed E-state index contributed by atoms with van der Waals surface area (Å²) in [6, 6.07) is 8.61. The van der Waals surface area contributed by atoms with Crippen molar-refractivity contribution in [1.29, 1.82) is 0 Å². The van der Waals surface area contributed by atoms with E-state index in [9.17, 15) is 0 Å². The molecule has 1 aliphatic carbocycles. The van der Waals surface area contributed by atoms with Gasteiger partial charge < -0.3 is 5.73 Å². The zero-order valence-electron chi connectivity index (χ0n) is 9.84. The second kappa shape index (κ2) is 4.34. The van der Waals surface area contributed by atoms with Crippen LogP contribution in [0.4, 0.5) is 0 Å². The van der Waals surface area contributed by atoms with Crippen molar-refractivity contribution in [3.63, 3.8) is 0 Å². The molecule has 2 N–H and O–H groups in total. The van der Waals surface area contributed by atoms with Crippen molar-refractivity contribution < 1.29 is 0 Å². The third-order valence-electron chi connectivity index (χ3n) is 3.61. The van der Waals surface area contributed by atoms with E-state index in [4.69, 9.17) is 5.73 Å². The van der Waals surface area contributed by atoms with Crippen LogP contribution in [0.5, 0.6) is 0 Å². The summed E-state index contributed by atoms with van der Waals surface area (Å²) in [6.45, 7) is 0.783. The van der Waals surface area contributed by atoms with E-state index in [1.165, 1.54) is 24.0 Å². The Hall–Kier alpha value is -1.61.